The summed E-state index contributed by atoms with van der Waals surface area (Å²) in [6.45, 7) is 0. The molecule has 1 aliphatic heterocycles. The second-order valence-electron chi connectivity index (χ2n) is 4.67. The minimum Gasteiger partial charge on any atom is -0.315 e. The molecule has 2 heterocycles. The summed E-state index contributed by atoms with van der Waals surface area (Å²) in [6.07, 6.45) is 2.27. The van der Waals surface area contributed by atoms with Crippen LogP contribution in [-0.2, 0) is 17.6 Å². The molecule has 0 spiro atoms. The molecule has 1 aliphatic rings. The van der Waals surface area contributed by atoms with Crippen molar-refractivity contribution in [1.82, 2.24) is 9.97 Å². The number of rotatable bonds is 2. The van der Waals surface area contributed by atoms with Gasteiger partial charge in [-0.15, -0.1) is 0 Å². The molecule has 5 heteroatoms. The summed E-state index contributed by atoms with van der Waals surface area (Å²) in [4.78, 5) is 21.8. The van der Waals surface area contributed by atoms with Crippen molar-refractivity contribution < 1.29 is 4.79 Å². The highest BCUT2D eigenvalue weighted by molar-refractivity contribution is 6.01. The van der Waals surface area contributed by atoms with Crippen molar-refractivity contribution in [3.05, 3.63) is 41.9 Å². The maximum Gasteiger partial charge on any atom is 0.231 e. The molecule has 20 heavy (non-hydrogen) atoms. The van der Waals surface area contributed by atoms with Crippen molar-refractivity contribution in [2.75, 3.05) is 11.9 Å². The number of carbonyl (C=O) groups is 1. The molecule has 1 aromatic carbocycles. The van der Waals surface area contributed by atoms with Crippen LogP contribution in [0, 0.1) is 11.3 Å². The Kier molecular flexibility index (Phi) is 2.92. The van der Waals surface area contributed by atoms with E-state index in [2.05, 4.69) is 9.97 Å². The van der Waals surface area contributed by atoms with Gasteiger partial charge in [0.1, 0.15) is 5.82 Å². The SMILES string of the molecule is CN1C(=O)Cc2cc(-c3ccnc(CC#N)n3)ccc21. The van der Waals surface area contributed by atoms with Gasteiger partial charge < -0.3 is 4.90 Å². The molecule has 0 N–H and O–H groups in total. The third kappa shape index (κ3) is 2.01. The Morgan fingerprint density at radius 1 is 1.40 bits per heavy atom. The van der Waals surface area contributed by atoms with E-state index in [1.165, 1.54) is 0 Å². The molecular weight excluding hydrogens is 252 g/mol. The highest BCUT2D eigenvalue weighted by atomic mass is 16.2. The normalized spacial score (nSPS) is 13.2. The molecule has 1 amide bonds. The molecule has 3 rings (SSSR count). The molecule has 0 atom stereocenters. The fourth-order valence-corrected chi connectivity index (χ4v) is 2.35. The van der Waals surface area contributed by atoms with Crippen LogP contribution in [0.2, 0.25) is 0 Å². The fraction of sp³-hybridized carbons (Fsp3) is 0.200. The smallest absolute Gasteiger partial charge is 0.231 e. The van der Waals surface area contributed by atoms with Gasteiger partial charge in [0, 0.05) is 24.5 Å². The van der Waals surface area contributed by atoms with Crippen molar-refractivity contribution in [2.24, 2.45) is 0 Å². The Morgan fingerprint density at radius 3 is 3.05 bits per heavy atom. The van der Waals surface area contributed by atoms with E-state index in [4.69, 9.17) is 5.26 Å². The van der Waals surface area contributed by atoms with Gasteiger partial charge in [-0.1, -0.05) is 6.07 Å². The van der Waals surface area contributed by atoms with E-state index >= 15 is 0 Å². The van der Waals surface area contributed by atoms with Gasteiger partial charge in [0.15, 0.2) is 0 Å². The first-order valence-electron chi connectivity index (χ1n) is 6.28. The lowest BCUT2D eigenvalue weighted by atomic mass is 10.1. The monoisotopic (exact) mass is 264 g/mol. The van der Waals surface area contributed by atoms with Crippen LogP contribution in [0.25, 0.3) is 11.3 Å². The highest BCUT2D eigenvalue weighted by Gasteiger charge is 2.24. The number of hydrogen-bond acceptors (Lipinski definition) is 4. The van der Waals surface area contributed by atoms with Gasteiger partial charge in [-0.25, -0.2) is 9.97 Å². The van der Waals surface area contributed by atoms with Crippen LogP contribution >= 0.6 is 0 Å². The summed E-state index contributed by atoms with van der Waals surface area (Å²) in [5, 5.41) is 8.69. The maximum absolute atomic E-state index is 11.7. The summed E-state index contributed by atoms with van der Waals surface area (Å²) in [7, 11) is 1.78. The van der Waals surface area contributed by atoms with Crippen LogP contribution < -0.4 is 4.90 Å². The van der Waals surface area contributed by atoms with E-state index in [-0.39, 0.29) is 12.3 Å². The average molecular weight is 264 g/mol. The van der Waals surface area contributed by atoms with Crippen LogP contribution in [0.15, 0.2) is 30.5 Å². The summed E-state index contributed by atoms with van der Waals surface area (Å²) in [6, 6.07) is 9.70. The lowest BCUT2D eigenvalue weighted by molar-refractivity contribution is -0.117. The standard InChI is InChI=1S/C15H12N4O/c1-19-13-3-2-10(8-11(13)9-15(19)20)12-5-7-17-14(18-12)4-6-16/h2-3,5,7-8H,4,9H2,1H3. The maximum atomic E-state index is 11.7. The number of nitrogens with zero attached hydrogens (tertiary/aromatic N) is 4. The van der Waals surface area contributed by atoms with Gasteiger partial charge >= 0.3 is 0 Å². The molecule has 0 radical (unpaired) electrons. The van der Waals surface area contributed by atoms with E-state index in [1.54, 1.807) is 18.1 Å². The Balaban J connectivity index is 2.01. The summed E-state index contributed by atoms with van der Waals surface area (Å²) in [5.74, 6) is 0.615. The minimum absolute atomic E-state index is 0.102. The summed E-state index contributed by atoms with van der Waals surface area (Å²) in [5.41, 5.74) is 3.67. The van der Waals surface area contributed by atoms with Gasteiger partial charge in [0.05, 0.1) is 24.6 Å². The number of fused-ring (bicyclic) bond motifs is 1. The predicted octanol–water partition coefficient (Wildman–Crippen LogP) is 1.73. The molecule has 0 saturated heterocycles. The second kappa shape index (κ2) is 4.74. The molecule has 98 valence electrons. The zero-order valence-electron chi connectivity index (χ0n) is 11.0. The average Bonchev–Trinajstić information content (AvgIpc) is 2.74. The van der Waals surface area contributed by atoms with Crippen molar-refractivity contribution in [3.8, 4) is 17.3 Å². The number of carbonyl (C=O) groups excluding carboxylic acids is 1. The quantitative estimate of drug-likeness (QED) is 0.828. The van der Waals surface area contributed by atoms with Gasteiger partial charge in [0.2, 0.25) is 5.91 Å². The van der Waals surface area contributed by atoms with E-state index in [0.29, 0.717) is 12.2 Å². The number of aromatic nitrogens is 2. The largest absolute Gasteiger partial charge is 0.315 e. The lowest BCUT2D eigenvalue weighted by Gasteiger charge is -2.10. The molecule has 0 saturated carbocycles. The molecule has 2 aromatic rings. The van der Waals surface area contributed by atoms with E-state index in [1.807, 2.05) is 30.3 Å². The van der Waals surface area contributed by atoms with Gasteiger partial charge in [-0.2, -0.15) is 5.26 Å². The number of hydrogen-bond donors (Lipinski definition) is 0. The number of anilines is 1. The third-order valence-corrected chi connectivity index (χ3v) is 3.40. The number of amides is 1. The second-order valence-corrected chi connectivity index (χ2v) is 4.67. The van der Waals surface area contributed by atoms with Gasteiger partial charge in [-0.3, -0.25) is 4.79 Å². The van der Waals surface area contributed by atoms with Crippen LogP contribution in [0.5, 0.6) is 0 Å². The predicted molar refractivity (Wildman–Crippen MR) is 73.9 cm³/mol. The Bertz CT molecular complexity index is 733. The third-order valence-electron chi connectivity index (χ3n) is 3.40. The molecule has 0 aliphatic carbocycles. The van der Waals surface area contributed by atoms with Gasteiger partial charge in [0.25, 0.3) is 0 Å². The van der Waals surface area contributed by atoms with Crippen LogP contribution in [0.1, 0.15) is 11.4 Å². The fourth-order valence-electron chi connectivity index (χ4n) is 2.35. The first kappa shape index (κ1) is 12.3. The van der Waals surface area contributed by atoms with Crippen molar-refractivity contribution >= 4 is 11.6 Å². The minimum atomic E-state index is 0.102. The molecule has 0 unspecified atom stereocenters. The van der Waals surface area contributed by atoms with E-state index < -0.39 is 0 Å². The van der Waals surface area contributed by atoms with Gasteiger partial charge in [-0.05, 0) is 23.8 Å². The van der Waals surface area contributed by atoms with E-state index in [9.17, 15) is 4.79 Å². The van der Waals surface area contributed by atoms with Crippen LogP contribution in [0.3, 0.4) is 0 Å². The molecule has 0 bridgehead atoms. The Morgan fingerprint density at radius 2 is 2.25 bits per heavy atom. The Labute approximate surface area is 116 Å². The lowest BCUT2D eigenvalue weighted by Crippen LogP contribution is -2.20. The first-order chi connectivity index (χ1) is 9.69. The van der Waals surface area contributed by atoms with E-state index in [0.717, 1.165) is 22.5 Å². The van der Waals surface area contributed by atoms with Crippen molar-refractivity contribution in [2.45, 2.75) is 12.8 Å². The first-order valence-corrected chi connectivity index (χ1v) is 6.28. The number of likely N-dealkylation sites (N-methyl/N-ethyl adjacent to an activating group) is 1. The van der Waals surface area contributed by atoms with Crippen molar-refractivity contribution in [1.29, 1.82) is 5.26 Å². The topological polar surface area (TPSA) is 69.9 Å². The molecule has 0 fully saturated rings. The number of benzene rings is 1. The zero-order chi connectivity index (χ0) is 14.1. The molecule has 1 aromatic heterocycles. The molecular formula is C15H12N4O. The number of nitriles is 1. The Hall–Kier alpha value is -2.74. The highest BCUT2D eigenvalue weighted by Crippen LogP contribution is 2.31. The molecule has 5 nitrogen and oxygen atoms in total. The van der Waals surface area contributed by atoms with Crippen LogP contribution in [0.4, 0.5) is 5.69 Å². The van der Waals surface area contributed by atoms with Crippen molar-refractivity contribution in [3.63, 3.8) is 0 Å². The summed E-state index contributed by atoms with van der Waals surface area (Å²) >= 11 is 0. The zero-order valence-corrected chi connectivity index (χ0v) is 11.0. The van der Waals surface area contributed by atoms with Crippen LogP contribution in [-0.4, -0.2) is 22.9 Å². The summed E-state index contributed by atoms with van der Waals surface area (Å²) < 4.78 is 0.